The maximum atomic E-state index is 9.44. The van der Waals surface area contributed by atoms with Crippen molar-refractivity contribution in [2.75, 3.05) is 50.7 Å². The van der Waals surface area contributed by atoms with E-state index in [1.807, 2.05) is 12.1 Å². The lowest BCUT2D eigenvalue weighted by atomic mass is 9.71. The van der Waals surface area contributed by atoms with Gasteiger partial charge in [0.2, 0.25) is 0 Å². The Hall–Kier alpha value is -2.16. The van der Waals surface area contributed by atoms with Crippen LogP contribution in [-0.4, -0.2) is 55.7 Å². The van der Waals surface area contributed by atoms with Crippen molar-refractivity contribution in [3.05, 3.63) is 36.0 Å². The van der Waals surface area contributed by atoms with Crippen LogP contribution in [0.5, 0.6) is 0 Å². The van der Waals surface area contributed by atoms with Crippen molar-refractivity contribution in [2.45, 2.75) is 32.6 Å². The van der Waals surface area contributed by atoms with Gasteiger partial charge < -0.3 is 15.1 Å². The normalized spacial score (nSPS) is 26.9. The highest BCUT2D eigenvalue weighted by atomic mass is 15.2. The van der Waals surface area contributed by atoms with Gasteiger partial charge in [-0.3, -0.25) is 4.98 Å². The molecule has 0 radical (unpaired) electrons. The molecule has 0 bridgehead atoms. The number of fused-ring (bicyclic) bond motifs is 1. The molecule has 0 amide bonds. The minimum absolute atomic E-state index is 0.628. The van der Waals surface area contributed by atoms with Crippen LogP contribution in [0.1, 0.15) is 38.2 Å². The molecule has 2 aromatic rings. The summed E-state index contributed by atoms with van der Waals surface area (Å²) < 4.78 is 0. The summed E-state index contributed by atoms with van der Waals surface area (Å²) in [7, 11) is 0. The molecular weight excluding hydrogens is 370 g/mol. The van der Waals surface area contributed by atoms with Crippen molar-refractivity contribution in [1.29, 1.82) is 5.26 Å². The first-order chi connectivity index (χ1) is 14.7. The Bertz CT molecular complexity index is 932. The molecule has 3 saturated heterocycles. The molecule has 3 aliphatic rings. The predicted molar refractivity (Wildman–Crippen MR) is 122 cm³/mol. The fourth-order valence-corrected chi connectivity index (χ4v) is 5.99. The van der Waals surface area contributed by atoms with Gasteiger partial charge in [-0.25, -0.2) is 0 Å². The van der Waals surface area contributed by atoms with E-state index >= 15 is 0 Å². The molecule has 1 aromatic heterocycles. The monoisotopic (exact) mass is 403 g/mol. The molecule has 1 aromatic carbocycles. The lowest BCUT2D eigenvalue weighted by molar-refractivity contribution is 0.0638. The Kier molecular flexibility index (Phi) is 5.39. The summed E-state index contributed by atoms with van der Waals surface area (Å²) in [5.74, 6) is 1.39. The smallest absolute Gasteiger partial charge is 0.101 e. The van der Waals surface area contributed by atoms with E-state index in [4.69, 9.17) is 0 Å². The number of hydrogen-bond donors (Lipinski definition) is 1. The number of hydrogen-bond acceptors (Lipinski definition) is 5. The van der Waals surface area contributed by atoms with Crippen molar-refractivity contribution < 1.29 is 0 Å². The van der Waals surface area contributed by atoms with Gasteiger partial charge in [0.05, 0.1) is 11.1 Å². The highest BCUT2D eigenvalue weighted by molar-refractivity contribution is 5.95. The van der Waals surface area contributed by atoms with E-state index in [1.54, 1.807) is 6.20 Å². The minimum Gasteiger partial charge on any atom is -0.370 e. The molecule has 5 rings (SSSR count). The largest absolute Gasteiger partial charge is 0.370 e. The summed E-state index contributed by atoms with van der Waals surface area (Å²) in [6.45, 7) is 10.8. The van der Waals surface area contributed by atoms with E-state index < -0.39 is 0 Å². The number of nitriles is 1. The second kappa shape index (κ2) is 8.17. The summed E-state index contributed by atoms with van der Waals surface area (Å²) in [6, 6.07) is 10.4. The molecule has 5 heteroatoms. The second-order valence-corrected chi connectivity index (χ2v) is 9.84. The van der Waals surface area contributed by atoms with Crippen LogP contribution in [0.4, 0.5) is 5.69 Å². The SMILES string of the molecule is C[C@H]1CN(c2ccc(C#N)c3ncccc23)C[C@@H]1CN1CCC2(CCNCC2)CC1. The zero-order valence-electron chi connectivity index (χ0n) is 18.1. The molecule has 0 aliphatic carbocycles. The highest BCUT2D eigenvalue weighted by Crippen LogP contribution is 2.40. The molecule has 1 N–H and O–H groups in total. The van der Waals surface area contributed by atoms with E-state index in [1.165, 1.54) is 64.1 Å². The van der Waals surface area contributed by atoms with Crippen LogP contribution in [0.15, 0.2) is 30.5 Å². The Labute approximate surface area is 180 Å². The molecule has 1 spiro atoms. The first-order valence-corrected chi connectivity index (χ1v) is 11.6. The van der Waals surface area contributed by atoms with Crippen LogP contribution >= 0.6 is 0 Å². The Morgan fingerprint density at radius 1 is 1.13 bits per heavy atom. The number of rotatable bonds is 3. The summed E-state index contributed by atoms with van der Waals surface area (Å²) >= 11 is 0. The third-order valence-corrected chi connectivity index (χ3v) is 8.05. The fourth-order valence-electron chi connectivity index (χ4n) is 5.99. The molecule has 0 unspecified atom stereocenters. The van der Waals surface area contributed by atoms with Gasteiger partial charge in [-0.1, -0.05) is 6.92 Å². The van der Waals surface area contributed by atoms with Crippen LogP contribution in [0.25, 0.3) is 10.9 Å². The zero-order chi connectivity index (χ0) is 20.6. The van der Waals surface area contributed by atoms with Crippen LogP contribution in [0.2, 0.25) is 0 Å². The summed E-state index contributed by atoms with van der Waals surface area (Å²) in [6.07, 6.45) is 7.28. The van der Waals surface area contributed by atoms with Gasteiger partial charge in [0.15, 0.2) is 0 Å². The molecule has 5 nitrogen and oxygen atoms in total. The third-order valence-electron chi connectivity index (χ3n) is 8.05. The first-order valence-electron chi connectivity index (χ1n) is 11.6. The standard InChI is InChI=1S/C25H33N5/c1-19-16-30(23-5-4-20(15-26)24-22(23)3-2-10-28-24)18-21(19)17-29-13-8-25(9-14-29)6-11-27-12-7-25/h2-5,10,19,21,27H,6-9,11-14,16-18H2,1H3/t19-,21-/m0/s1. The average molecular weight is 404 g/mol. The average Bonchev–Trinajstić information content (AvgIpc) is 3.15. The number of likely N-dealkylation sites (tertiary alicyclic amines) is 1. The van der Waals surface area contributed by atoms with Gasteiger partial charge in [-0.15, -0.1) is 0 Å². The van der Waals surface area contributed by atoms with E-state index in [0.29, 0.717) is 22.8 Å². The first kappa shape index (κ1) is 19.8. The van der Waals surface area contributed by atoms with Gasteiger partial charge in [-0.05, 0) is 93.4 Å². The molecule has 3 fully saturated rings. The quantitative estimate of drug-likeness (QED) is 0.848. The minimum atomic E-state index is 0.628. The second-order valence-electron chi connectivity index (χ2n) is 9.84. The topological polar surface area (TPSA) is 55.2 Å². The fraction of sp³-hybridized carbons (Fsp3) is 0.600. The van der Waals surface area contributed by atoms with Gasteiger partial charge in [0.1, 0.15) is 6.07 Å². The summed E-state index contributed by atoms with van der Waals surface area (Å²) in [5.41, 5.74) is 3.36. The van der Waals surface area contributed by atoms with E-state index in [2.05, 4.69) is 45.2 Å². The zero-order valence-corrected chi connectivity index (χ0v) is 18.1. The van der Waals surface area contributed by atoms with Crippen molar-refractivity contribution in [1.82, 2.24) is 15.2 Å². The van der Waals surface area contributed by atoms with Gasteiger partial charge in [-0.2, -0.15) is 5.26 Å². The lowest BCUT2D eigenvalue weighted by Crippen LogP contribution is -2.47. The molecular formula is C25H33N5. The van der Waals surface area contributed by atoms with Crippen molar-refractivity contribution in [3.63, 3.8) is 0 Å². The summed E-state index contributed by atoms with van der Waals surface area (Å²) in [5, 5.41) is 14.1. The molecule has 158 valence electrons. The number of anilines is 1. The van der Waals surface area contributed by atoms with Crippen LogP contribution in [0, 0.1) is 28.6 Å². The number of pyridine rings is 1. The predicted octanol–water partition coefficient (Wildman–Crippen LogP) is 3.64. The summed E-state index contributed by atoms with van der Waals surface area (Å²) in [4.78, 5) is 9.75. The van der Waals surface area contributed by atoms with E-state index in [9.17, 15) is 5.26 Å². The maximum absolute atomic E-state index is 9.44. The molecule has 4 heterocycles. The van der Waals surface area contributed by atoms with Crippen LogP contribution in [0.3, 0.4) is 0 Å². The number of piperidine rings is 2. The Morgan fingerprint density at radius 3 is 2.70 bits per heavy atom. The highest BCUT2D eigenvalue weighted by Gasteiger charge is 2.37. The van der Waals surface area contributed by atoms with Gasteiger partial charge >= 0.3 is 0 Å². The molecule has 0 saturated carbocycles. The Morgan fingerprint density at radius 2 is 1.93 bits per heavy atom. The van der Waals surface area contributed by atoms with Crippen LogP contribution < -0.4 is 10.2 Å². The molecule has 3 aliphatic heterocycles. The van der Waals surface area contributed by atoms with E-state index in [0.717, 1.165) is 24.0 Å². The number of nitrogens with one attached hydrogen (secondary N) is 1. The van der Waals surface area contributed by atoms with Crippen molar-refractivity contribution >= 4 is 16.6 Å². The number of benzene rings is 1. The Balaban J connectivity index is 1.26. The third kappa shape index (κ3) is 3.68. The van der Waals surface area contributed by atoms with E-state index in [-0.39, 0.29) is 0 Å². The van der Waals surface area contributed by atoms with Gasteiger partial charge in [0.25, 0.3) is 0 Å². The van der Waals surface area contributed by atoms with Crippen molar-refractivity contribution in [3.8, 4) is 6.07 Å². The maximum Gasteiger partial charge on any atom is 0.101 e. The lowest BCUT2D eigenvalue weighted by Gasteiger charge is -2.45. The molecule has 2 atom stereocenters. The van der Waals surface area contributed by atoms with Crippen molar-refractivity contribution in [2.24, 2.45) is 17.3 Å². The number of nitrogens with zero attached hydrogens (tertiary/aromatic N) is 4. The van der Waals surface area contributed by atoms with Crippen LogP contribution in [-0.2, 0) is 0 Å². The molecule has 30 heavy (non-hydrogen) atoms. The number of aromatic nitrogens is 1. The van der Waals surface area contributed by atoms with Gasteiger partial charge in [0, 0.05) is 36.9 Å².